The number of hydrogen-bond acceptors (Lipinski definition) is 4. The van der Waals surface area contributed by atoms with Crippen molar-refractivity contribution in [1.82, 2.24) is 10.2 Å². The van der Waals surface area contributed by atoms with Crippen molar-refractivity contribution in [3.05, 3.63) is 81.5 Å². The minimum atomic E-state index is -0.534. The quantitative estimate of drug-likeness (QED) is 0.267. The molecule has 1 unspecified atom stereocenters. The number of halogens is 3. The average molecular weight is 618 g/mol. The number of carbonyl (C=O) groups is 2. The molecule has 1 atom stereocenters. The summed E-state index contributed by atoms with van der Waals surface area (Å²) in [4.78, 5) is 29.3. The van der Waals surface area contributed by atoms with Crippen molar-refractivity contribution < 1.29 is 18.7 Å². The van der Waals surface area contributed by atoms with Crippen LogP contribution in [0.4, 0.5) is 20.6 Å². The second-order valence-electron chi connectivity index (χ2n) is 9.63. The Morgan fingerprint density at radius 2 is 1.90 bits per heavy atom. The first-order valence-electron chi connectivity index (χ1n) is 12.8. The van der Waals surface area contributed by atoms with E-state index < -0.39 is 5.82 Å². The second-order valence-corrected chi connectivity index (χ2v) is 11.0. The predicted molar refractivity (Wildman–Crippen MR) is 156 cm³/mol. The van der Waals surface area contributed by atoms with Crippen LogP contribution >= 0.6 is 27.5 Å². The number of amides is 3. The molecular formula is C29H31BrClFN4O3. The van der Waals surface area contributed by atoms with Crippen LogP contribution in [0.25, 0.3) is 0 Å². The number of hydrogen-bond donors (Lipinski definition) is 2. The van der Waals surface area contributed by atoms with Gasteiger partial charge >= 0.3 is 6.03 Å². The third-order valence-electron chi connectivity index (χ3n) is 6.36. The van der Waals surface area contributed by atoms with Crippen LogP contribution in [-0.4, -0.2) is 43.0 Å². The summed E-state index contributed by atoms with van der Waals surface area (Å²) in [5.41, 5.74) is 2.58. The van der Waals surface area contributed by atoms with Crippen LogP contribution in [0.2, 0.25) is 5.02 Å². The predicted octanol–water partition coefficient (Wildman–Crippen LogP) is 7.19. The highest BCUT2D eigenvalue weighted by Crippen LogP contribution is 2.31. The van der Waals surface area contributed by atoms with E-state index >= 15 is 0 Å². The summed E-state index contributed by atoms with van der Waals surface area (Å²) in [6.07, 6.45) is 2.49. The van der Waals surface area contributed by atoms with Crippen LogP contribution in [-0.2, 0) is 11.3 Å². The first-order chi connectivity index (χ1) is 18.7. The summed E-state index contributed by atoms with van der Waals surface area (Å²) in [7, 11) is 1.66. The zero-order valence-corrected chi connectivity index (χ0v) is 24.2. The number of anilines is 2. The number of ether oxygens (including phenoxy) is 1. The van der Waals surface area contributed by atoms with Crippen LogP contribution in [0.1, 0.15) is 31.7 Å². The Balaban J connectivity index is 1.31. The zero-order chi connectivity index (χ0) is 27.9. The van der Waals surface area contributed by atoms with Crippen molar-refractivity contribution in [3.8, 4) is 11.5 Å². The summed E-state index contributed by atoms with van der Waals surface area (Å²) in [6, 6.07) is 16.7. The minimum absolute atomic E-state index is 0.0436. The van der Waals surface area contributed by atoms with Gasteiger partial charge in [0.1, 0.15) is 17.3 Å². The molecule has 0 bridgehead atoms. The standard InChI is InChI=1S/C29H31BrClFN4O3/c1-19(14-28(37)34-22-6-5-7-23(16-22)36-12-3-4-13-36)33-29(38)35(2)18-20-8-9-21(30)15-27(20)39-24-10-11-26(32)25(31)17-24/h5-11,15-17,19H,3-4,12-14,18H2,1-2H3,(H,33,38)(H,34,37). The van der Waals surface area contributed by atoms with E-state index in [1.165, 1.54) is 35.9 Å². The molecule has 2 N–H and O–H groups in total. The molecule has 206 valence electrons. The van der Waals surface area contributed by atoms with Crippen molar-refractivity contribution in [2.45, 2.75) is 38.8 Å². The maximum absolute atomic E-state index is 13.5. The van der Waals surface area contributed by atoms with Crippen LogP contribution in [0, 0.1) is 5.82 Å². The summed E-state index contributed by atoms with van der Waals surface area (Å²) < 4.78 is 20.3. The van der Waals surface area contributed by atoms with Crippen molar-refractivity contribution >= 4 is 50.8 Å². The van der Waals surface area contributed by atoms with Crippen molar-refractivity contribution in [1.29, 1.82) is 0 Å². The first kappa shape index (κ1) is 28.7. The molecule has 1 aliphatic heterocycles. The van der Waals surface area contributed by atoms with Crippen molar-refractivity contribution in [2.24, 2.45) is 0 Å². The summed E-state index contributed by atoms with van der Waals surface area (Å²) >= 11 is 9.32. The highest BCUT2D eigenvalue weighted by molar-refractivity contribution is 9.10. The average Bonchev–Trinajstić information content (AvgIpc) is 3.43. The maximum atomic E-state index is 13.5. The molecule has 1 fully saturated rings. The Labute approximate surface area is 241 Å². The van der Waals surface area contributed by atoms with Crippen LogP contribution in [0.3, 0.4) is 0 Å². The fourth-order valence-electron chi connectivity index (χ4n) is 4.37. The lowest BCUT2D eigenvalue weighted by atomic mass is 10.2. The Bertz CT molecular complexity index is 1340. The van der Waals surface area contributed by atoms with Gasteiger partial charge in [-0.05, 0) is 62.2 Å². The number of carbonyl (C=O) groups excluding carboxylic acids is 2. The molecule has 0 spiro atoms. The monoisotopic (exact) mass is 616 g/mol. The van der Waals surface area contributed by atoms with E-state index in [0.29, 0.717) is 11.5 Å². The van der Waals surface area contributed by atoms with Gasteiger partial charge in [0, 0.05) is 60.1 Å². The Morgan fingerprint density at radius 3 is 2.64 bits per heavy atom. The van der Waals surface area contributed by atoms with E-state index in [1.54, 1.807) is 20.0 Å². The van der Waals surface area contributed by atoms with E-state index in [9.17, 15) is 14.0 Å². The van der Waals surface area contributed by atoms with Gasteiger partial charge in [0.2, 0.25) is 5.91 Å². The first-order valence-corrected chi connectivity index (χ1v) is 13.9. The lowest BCUT2D eigenvalue weighted by Gasteiger charge is -2.23. The molecule has 0 aliphatic carbocycles. The molecule has 10 heteroatoms. The van der Waals surface area contributed by atoms with E-state index in [2.05, 4.69) is 37.5 Å². The van der Waals surface area contributed by atoms with Crippen molar-refractivity contribution in [2.75, 3.05) is 30.4 Å². The van der Waals surface area contributed by atoms with Crippen LogP contribution in [0.5, 0.6) is 11.5 Å². The highest BCUT2D eigenvalue weighted by atomic mass is 79.9. The fraction of sp³-hybridized carbons (Fsp3) is 0.310. The van der Waals surface area contributed by atoms with Crippen LogP contribution in [0.15, 0.2) is 65.1 Å². The molecule has 0 saturated carbocycles. The second kappa shape index (κ2) is 13.2. The molecule has 3 amide bonds. The Morgan fingerprint density at radius 1 is 1.13 bits per heavy atom. The molecule has 4 rings (SSSR count). The van der Waals surface area contributed by atoms with Gasteiger partial charge in [0.05, 0.1) is 11.6 Å². The molecule has 0 aromatic heterocycles. The summed E-state index contributed by atoms with van der Waals surface area (Å²) in [5.74, 6) is 0.160. The molecule has 1 aliphatic rings. The van der Waals surface area contributed by atoms with E-state index in [4.69, 9.17) is 16.3 Å². The van der Waals surface area contributed by atoms with E-state index in [1.807, 2.05) is 30.3 Å². The zero-order valence-electron chi connectivity index (χ0n) is 21.8. The fourth-order valence-corrected chi connectivity index (χ4v) is 4.88. The van der Waals surface area contributed by atoms with Gasteiger partial charge in [-0.25, -0.2) is 9.18 Å². The number of benzene rings is 3. The third kappa shape index (κ3) is 8.10. The molecular weight excluding hydrogens is 587 g/mol. The Hall–Kier alpha value is -3.30. The van der Waals surface area contributed by atoms with Gasteiger partial charge in [-0.2, -0.15) is 0 Å². The number of rotatable bonds is 9. The molecule has 0 radical (unpaired) electrons. The Kier molecular flexibility index (Phi) is 9.69. The molecule has 3 aromatic carbocycles. The SMILES string of the molecule is CC(CC(=O)Nc1cccc(N2CCCC2)c1)NC(=O)N(C)Cc1ccc(Br)cc1Oc1ccc(F)c(Cl)c1. The summed E-state index contributed by atoms with van der Waals surface area (Å²) in [5, 5.41) is 5.77. The van der Waals surface area contributed by atoms with Gasteiger partial charge in [0.15, 0.2) is 0 Å². The molecule has 1 heterocycles. The van der Waals surface area contributed by atoms with Gasteiger partial charge in [-0.3, -0.25) is 4.79 Å². The number of urea groups is 1. The van der Waals surface area contributed by atoms with Gasteiger partial charge < -0.3 is 25.2 Å². The summed E-state index contributed by atoms with van der Waals surface area (Å²) in [6.45, 7) is 4.09. The minimum Gasteiger partial charge on any atom is -0.457 e. The van der Waals surface area contributed by atoms with Gasteiger partial charge in [-0.15, -0.1) is 0 Å². The lowest BCUT2D eigenvalue weighted by molar-refractivity contribution is -0.116. The topological polar surface area (TPSA) is 73.9 Å². The smallest absolute Gasteiger partial charge is 0.317 e. The molecule has 7 nitrogen and oxygen atoms in total. The number of nitrogens with one attached hydrogen (secondary N) is 2. The van der Waals surface area contributed by atoms with Crippen molar-refractivity contribution in [3.63, 3.8) is 0 Å². The molecule has 39 heavy (non-hydrogen) atoms. The number of nitrogens with zero attached hydrogens (tertiary/aromatic N) is 2. The third-order valence-corrected chi connectivity index (χ3v) is 7.15. The van der Waals surface area contributed by atoms with E-state index in [-0.39, 0.29) is 36.0 Å². The lowest BCUT2D eigenvalue weighted by Crippen LogP contribution is -2.42. The molecule has 1 saturated heterocycles. The van der Waals surface area contributed by atoms with Crippen LogP contribution < -0.4 is 20.3 Å². The molecule has 3 aromatic rings. The highest BCUT2D eigenvalue weighted by Gasteiger charge is 2.18. The van der Waals surface area contributed by atoms with E-state index in [0.717, 1.165) is 34.5 Å². The maximum Gasteiger partial charge on any atom is 0.317 e. The van der Waals surface area contributed by atoms with Gasteiger partial charge in [-0.1, -0.05) is 39.7 Å². The largest absolute Gasteiger partial charge is 0.457 e. The van der Waals surface area contributed by atoms with Gasteiger partial charge in [0.25, 0.3) is 0 Å². The normalized spacial score (nSPS) is 13.6.